The highest BCUT2D eigenvalue weighted by Gasteiger charge is 2.40. The first-order chi connectivity index (χ1) is 9.01. The summed E-state index contributed by atoms with van der Waals surface area (Å²) < 4.78 is 0. The molecule has 0 aromatic heterocycles. The van der Waals surface area contributed by atoms with Gasteiger partial charge in [0.15, 0.2) is 0 Å². The van der Waals surface area contributed by atoms with E-state index in [1.54, 1.807) is 18.7 Å². The van der Waals surface area contributed by atoms with E-state index < -0.39 is 5.54 Å². The molecule has 2 rings (SSSR count). The van der Waals surface area contributed by atoms with Crippen molar-refractivity contribution in [3.63, 3.8) is 0 Å². The van der Waals surface area contributed by atoms with E-state index in [2.05, 4.69) is 17.4 Å². The van der Waals surface area contributed by atoms with Gasteiger partial charge in [0.1, 0.15) is 5.54 Å². The third kappa shape index (κ3) is 2.95. The Morgan fingerprint density at radius 2 is 1.89 bits per heavy atom. The molecule has 4 nitrogen and oxygen atoms in total. The lowest BCUT2D eigenvalue weighted by Crippen LogP contribution is -2.64. The summed E-state index contributed by atoms with van der Waals surface area (Å²) in [5, 5.41) is 2.63. The predicted molar refractivity (Wildman–Crippen MR) is 73.6 cm³/mol. The molecule has 1 saturated heterocycles. The van der Waals surface area contributed by atoms with Crippen LogP contribution >= 0.6 is 0 Å². The molecule has 2 amide bonds. The number of aryl methyl sites for hydroxylation is 1. The molecule has 102 valence electrons. The van der Waals surface area contributed by atoms with Crippen LogP contribution in [-0.2, 0) is 16.0 Å². The standard InChI is InChI=1S/C15H20N2O2/c1-15(2)14(19)16-11-13(18)17(15)10-6-9-12-7-4-3-5-8-12/h3-5,7-8H,6,9-11H2,1-2H3,(H,16,19). The van der Waals surface area contributed by atoms with Crippen LogP contribution in [0.25, 0.3) is 0 Å². The normalized spacial score (nSPS) is 18.3. The predicted octanol–water partition coefficient (Wildman–Crippen LogP) is 1.36. The smallest absolute Gasteiger partial charge is 0.245 e. The van der Waals surface area contributed by atoms with Gasteiger partial charge in [-0.3, -0.25) is 9.59 Å². The molecule has 0 bridgehead atoms. The molecule has 0 saturated carbocycles. The first-order valence-electron chi connectivity index (χ1n) is 6.64. The van der Waals surface area contributed by atoms with Gasteiger partial charge in [-0.15, -0.1) is 0 Å². The van der Waals surface area contributed by atoms with Crippen molar-refractivity contribution < 1.29 is 9.59 Å². The number of carbonyl (C=O) groups excluding carboxylic acids is 2. The molecular weight excluding hydrogens is 240 g/mol. The van der Waals surface area contributed by atoms with E-state index in [9.17, 15) is 9.59 Å². The summed E-state index contributed by atoms with van der Waals surface area (Å²) in [4.78, 5) is 25.4. The van der Waals surface area contributed by atoms with E-state index >= 15 is 0 Å². The second-order valence-electron chi connectivity index (χ2n) is 5.38. The lowest BCUT2D eigenvalue weighted by molar-refractivity contribution is -0.151. The van der Waals surface area contributed by atoms with E-state index in [0.29, 0.717) is 6.54 Å². The summed E-state index contributed by atoms with van der Waals surface area (Å²) in [6.45, 7) is 4.32. The number of hydrogen-bond acceptors (Lipinski definition) is 2. The van der Waals surface area contributed by atoms with Crippen molar-refractivity contribution >= 4 is 11.8 Å². The highest BCUT2D eigenvalue weighted by molar-refractivity contribution is 5.97. The molecule has 1 aromatic rings. The average Bonchev–Trinajstić information content (AvgIpc) is 2.40. The number of nitrogens with one attached hydrogen (secondary N) is 1. The first kappa shape index (κ1) is 13.6. The molecule has 0 spiro atoms. The van der Waals surface area contributed by atoms with Crippen molar-refractivity contribution in [2.24, 2.45) is 0 Å². The average molecular weight is 260 g/mol. The second kappa shape index (κ2) is 5.43. The number of amides is 2. The van der Waals surface area contributed by atoms with Crippen molar-refractivity contribution in [1.82, 2.24) is 10.2 Å². The molecule has 1 N–H and O–H groups in total. The van der Waals surface area contributed by atoms with Gasteiger partial charge in [-0.1, -0.05) is 30.3 Å². The first-order valence-corrected chi connectivity index (χ1v) is 6.64. The summed E-state index contributed by atoms with van der Waals surface area (Å²) in [6, 6.07) is 10.2. The lowest BCUT2D eigenvalue weighted by atomic mass is 9.97. The molecule has 1 heterocycles. The van der Waals surface area contributed by atoms with Gasteiger partial charge in [0.25, 0.3) is 0 Å². The van der Waals surface area contributed by atoms with Crippen molar-refractivity contribution in [3.8, 4) is 0 Å². The van der Waals surface area contributed by atoms with Crippen LogP contribution in [0.3, 0.4) is 0 Å². The van der Waals surface area contributed by atoms with Crippen LogP contribution in [0, 0.1) is 0 Å². The molecule has 1 fully saturated rings. The minimum Gasteiger partial charge on any atom is -0.345 e. The fourth-order valence-corrected chi connectivity index (χ4v) is 2.39. The molecule has 1 aromatic carbocycles. The van der Waals surface area contributed by atoms with Crippen LogP contribution in [0.1, 0.15) is 25.8 Å². The van der Waals surface area contributed by atoms with Crippen molar-refractivity contribution in [2.75, 3.05) is 13.1 Å². The molecule has 4 heteroatoms. The van der Waals surface area contributed by atoms with Crippen LogP contribution in [-0.4, -0.2) is 35.3 Å². The van der Waals surface area contributed by atoms with Crippen LogP contribution in [0.2, 0.25) is 0 Å². The van der Waals surface area contributed by atoms with E-state index in [-0.39, 0.29) is 18.4 Å². The van der Waals surface area contributed by atoms with Gasteiger partial charge in [0, 0.05) is 6.54 Å². The van der Waals surface area contributed by atoms with E-state index in [1.165, 1.54) is 5.56 Å². The minimum atomic E-state index is -0.744. The van der Waals surface area contributed by atoms with E-state index in [0.717, 1.165) is 12.8 Å². The summed E-state index contributed by atoms with van der Waals surface area (Å²) >= 11 is 0. The van der Waals surface area contributed by atoms with Gasteiger partial charge in [-0.2, -0.15) is 0 Å². The Bertz CT molecular complexity index is 468. The highest BCUT2D eigenvalue weighted by atomic mass is 16.2. The Morgan fingerprint density at radius 1 is 1.21 bits per heavy atom. The fraction of sp³-hybridized carbons (Fsp3) is 0.467. The summed E-state index contributed by atoms with van der Waals surface area (Å²) in [7, 11) is 0. The van der Waals surface area contributed by atoms with Crippen LogP contribution in [0.4, 0.5) is 0 Å². The molecule has 0 unspecified atom stereocenters. The quantitative estimate of drug-likeness (QED) is 0.888. The van der Waals surface area contributed by atoms with Gasteiger partial charge in [0.2, 0.25) is 11.8 Å². The SMILES string of the molecule is CC1(C)C(=O)NCC(=O)N1CCCc1ccccc1. The highest BCUT2D eigenvalue weighted by Crippen LogP contribution is 2.19. The largest absolute Gasteiger partial charge is 0.345 e. The Labute approximate surface area is 113 Å². The summed E-state index contributed by atoms with van der Waals surface area (Å²) in [6.07, 6.45) is 1.79. The van der Waals surface area contributed by atoms with Crippen molar-refractivity contribution in [1.29, 1.82) is 0 Å². The zero-order valence-electron chi connectivity index (χ0n) is 11.5. The van der Waals surface area contributed by atoms with E-state index in [4.69, 9.17) is 0 Å². The van der Waals surface area contributed by atoms with Gasteiger partial charge >= 0.3 is 0 Å². The van der Waals surface area contributed by atoms with Crippen LogP contribution in [0.5, 0.6) is 0 Å². The van der Waals surface area contributed by atoms with E-state index in [1.807, 2.05) is 18.2 Å². The van der Waals surface area contributed by atoms with Gasteiger partial charge < -0.3 is 10.2 Å². The molecule has 19 heavy (non-hydrogen) atoms. The molecule has 0 radical (unpaired) electrons. The summed E-state index contributed by atoms with van der Waals surface area (Å²) in [5.41, 5.74) is 0.515. The fourth-order valence-electron chi connectivity index (χ4n) is 2.39. The molecule has 1 aliphatic rings. The number of nitrogens with zero attached hydrogens (tertiary/aromatic N) is 1. The zero-order chi connectivity index (χ0) is 13.9. The number of piperazine rings is 1. The van der Waals surface area contributed by atoms with Gasteiger partial charge in [0.05, 0.1) is 6.54 Å². The van der Waals surface area contributed by atoms with Gasteiger partial charge in [-0.05, 0) is 32.3 Å². The third-order valence-electron chi connectivity index (χ3n) is 3.62. The number of benzene rings is 1. The van der Waals surface area contributed by atoms with Crippen LogP contribution in [0.15, 0.2) is 30.3 Å². The maximum Gasteiger partial charge on any atom is 0.245 e. The number of carbonyl (C=O) groups is 2. The Kier molecular flexibility index (Phi) is 3.88. The minimum absolute atomic E-state index is 0.00217. The third-order valence-corrected chi connectivity index (χ3v) is 3.62. The van der Waals surface area contributed by atoms with Crippen LogP contribution < -0.4 is 5.32 Å². The zero-order valence-corrected chi connectivity index (χ0v) is 11.5. The number of rotatable bonds is 4. The Morgan fingerprint density at radius 3 is 2.58 bits per heavy atom. The topological polar surface area (TPSA) is 49.4 Å². The number of hydrogen-bond donors (Lipinski definition) is 1. The Balaban J connectivity index is 1.94. The molecule has 0 atom stereocenters. The van der Waals surface area contributed by atoms with Crippen molar-refractivity contribution in [2.45, 2.75) is 32.2 Å². The molecule has 1 aliphatic heterocycles. The van der Waals surface area contributed by atoms with Gasteiger partial charge in [-0.25, -0.2) is 0 Å². The molecule has 0 aliphatic carbocycles. The second-order valence-corrected chi connectivity index (χ2v) is 5.38. The Hall–Kier alpha value is -1.84. The van der Waals surface area contributed by atoms with Crippen molar-refractivity contribution in [3.05, 3.63) is 35.9 Å². The maximum atomic E-state index is 11.9. The lowest BCUT2D eigenvalue weighted by Gasteiger charge is -2.41. The monoisotopic (exact) mass is 260 g/mol. The summed E-state index contributed by atoms with van der Waals surface area (Å²) in [5.74, 6) is -0.0792. The molecular formula is C15H20N2O2. The maximum absolute atomic E-state index is 11.9.